The van der Waals surface area contributed by atoms with Crippen LogP contribution in [0.5, 0.6) is 0 Å². The number of sulfone groups is 1. The van der Waals surface area contributed by atoms with Gasteiger partial charge in [-0.2, -0.15) is 0 Å². The summed E-state index contributed by atoms with van der Waals surface area (Å²) in [5.41, 5.74) is 6.71. The van der Waals surface area contributed by atoms with E-state index in [1.807, 2.05) is 18.2 Å². The SMILES string of the molecule is NCC1C(c2cccc(Cl)c2)C1S(=O)(=O)c1ccccc1. The molecule has 1 aliphatic carbocycles. The Bertz CT molecular complexity index is 746. The third-order valence-electron chi connectivity index (χ3n) is 4.03. The summed E-state index contributed by atoms with van der Waals surface area (Å²) in [6.45, 7) is 0.355. The van der Waals surface area contributed by atoms with Crippen molar-refractivity contribution in [1.29, 1.82) is 0 Å². The predicted octanol–water partition coefficient (Wildman–Crippen LogP) is 2.85. The van der Waals surface area contributed by atoms with Crippen molar-refractivity contribution in [2.24, 2.45) is 11.7 Å². The van der Waals surface area contributed by atoms with Gasteiger partial charge in [0.25, 0.3) is 0 Å². The molecule has 110 valence electrons. The molecule has 5 heteroatoms. The summed E-state index contributed by atoms with van der Waals surface area (Å²) in [4.78, 5) is 0.359. The van der Waals surface area contributed by atoms with E-state index in [-0.39, 0.29) is 11.8 Å². The fourth-order valence-electron chi connectivity index (χ4n) is 2.96. The monoisotopic (exact) mass is 321 g/mol. The largest absolute Gasteiger partial charge is 0.330 e. The summed E-state index contributed by atoms with van der Waals surface area (Å²) >= 11 is 6.01. The van der Waals surface area contributed by atoms with E-state index in [0.29, 0.717) is 16.5 Å². The van der Waals surface area contributed by atoms with Crippen molar-refractivity contribution in [2.45, 2.75) is 16.1 Å². The fourth-order valence-corrected chi connectivity index (χ4v) is 5.41. The van der Waals surface area contributed by atoms with E-state index < -0.39 is 15.1 Å². The third-order valence-corrected chi connectivity index (χ3v) is 6.56. The van der Waals surface area contributed by atoms with Crippen LogP contribution in [0.15, 0.2) is 59.5 Å². The quantitative estimate of drug-likeness (QED) is 0.942. The van der Waals surface area contributed by atoms with Crippen LogP contribution < -0.4 is 5.73 Å². The number of hydrogen-bond acceptors (Lipinski definition) is 3. The van der Waals surface area contributed by atoms with Crippen molar-refractivity contribution in [3.05, 3.63) is 65.2 Å². The van der Waals surface area contributed by atoms with Crippen molar-refractivity contribution in [2.75, 3.05) is 6.54 Å². The molecular formula is C16H16ClNO2S. The van der Waals surface area contributed by atoms with Gasteiger partial charge in [0, 0.05) is 10.9 Å². The summed E-state index contributed by atoms with van der Waals surface area (Å²) in [5.74, 6) is -0.118. The third kappa shape index (κ3) is 2.59. The first-order valence-corrected chi connectivity index (χ1v) is 8.72. The van der Waals surface area contributed by atoms with Gasteiger partial charge in [-0.25, -0.2) is 8.42 Å². The zero-order valence-corrected chi connectivity index (χ0v) is 12.9. The molecule has 1 saturated carbocycles. The lowest BCUT2D eigenvalue weighted by Gasteiger charge is -2.04. The predicted molar refractivity (Wildman–Crippen MR) is 84.2 cm³/mol. The Balaban J connectivity index is 1.96. The molecule has 0 saturated heterocycles. The van der Waals surface area contributed by atoms with E-state index in [9.17, 15) is 8.42 Å². The van der Waals surface area contributed by atoms with Crippen molar-refractivity contribution in [3.8, 4) is 0 Å². The average molecular weight is 322 g/mol. The molecule has 2 aromatic rings. The maximum atomic E-state index is 12.7. The Hall–Kier alpha value is -1.36. The minimum Gasteiger partial charge on any atom is -0.330 e. The molecule has 0 aromatic heterocycles. The lowest BCUT2D eigenvalue weighted by atomic mass is 10.1. The standard InChI is InChI=1S/C16H16ClNO2S/c17-12-6-4-5-11(9-12)15-14(10-18)16(15)21(19,20)13-7-2-1-3-8-13/h1-9,14-16H,10,18H2. The van der Waals surface area contributed by atoms with Crippen LogP contribution in [0.1, 0.15) is 11.5 Å². The Morgan fingerprint density at radius 1 is 1.05 bits per heavy atom. The molecule has 3 nitrogen and oxygen atoms in total. The molecule has 2 aromatic carbocycles. The smallest absolute Gasteiger partial charge is 0.182 e. The molecule has 2 N–H and O–H groups in total. The van der Waals surface area contributed by atoms with Crippen molar-refractivity contribution >= 4 is 21.4 Å². The Labute approximate surface area is 129 Å². The van der Waals surface area contributed by atoms with Crippen LogP contribution in [-0.4, -0.2) is 20.2 Å². The zero-order valence-electron chi connectivity index (χ0n) is 11.3. The van der Waals surface area contributed by atoms with Crippen LogP contribution in [0.25, 0.3) is 0 Å². The molecule has 0 radical (unpaired) electrons. The Kier molecular flexibility index (Phi) is 3.78. The second-order valence-corrected chi connectivity index (χ2v) is 7.85. The first kappa shape index (κ1) is 14.6. The summed E-state index contributed by atoms with van der Waals surface area (Å²) in [5, 5.41) is 0.161. The molecule has 3 unspecified atom stereocenters. The molecule has 3 atom stereocenters. The van der Waals surface area contributed by atoms with Gasteiger partial charge in [-0.3, -0.25) is 0 Å². The molecule has 21 heavy (non-hydrogen) atoms. The fraction of sp³-hybridized carbons (Fsp3) is 0.250. The molecule has 3 rings (SSSR count). The van der Waals surface area contributed by atoms with E-state index in [4.69, 9.17) is 17.3 Å². The van der Waals surface area contributed by atoms with Gasteiger partial charge in [0.05, 0.1) is 10.1 Å². The van der Waals surface area contributed by atoms with E-state index in [0.717, 1.165) is 5.56 Å². The van der Waals surface area contributed by atoms with Gasteiger partial charge in [0.1, 0.15) is 0 Å². The molecule has 0 amide bonds. The number of rotatable bonds is 4. The van der Waals surface area contributed by atoms with E-state index in [1.165, 1.54) is 0 Å². The van der Waals surface area contributed by atoms with Crippen LogP contribution in [0, 0.1) is 5.92 Å². The molecule has 0 spiro atoms. The summed E-state index contributed by atoms with van der Waals surface area (Å²) in [6, 6.07) is 15.9. The Morgan fingerprint density at radius 3 is 2.38 bits per heavy atom. The first-order valence-electron chi connectivity index (χ1n) is 6.80. The number of benzene rings is 2. The number of halogens is 1. The van der Waals surface area contributed by atoms with E-state index in [2.05, 4.69) is 0 Å². The maximum Gasteiger partial charge on any atom is 0.182 e. The van der Waals surface area contributed by atoms with Crippen LogP contribution in [0.3, 0.4) is 0 Å². The second-order valence-electron chi connectivity index (χ2n) is 5.30. The van der Waals surface area contributed by atoms with Crippen LogP contribution >= 0.6 is 11.6 Å². The summed E-state index contributed by atoms with van der Waals surface area (Å²) < 4.78 is 25.5. The lowest BCUT2D eigenvalue weighted by Crippen LogP contribution is -2.13. The van der Waals surface area contributed by atoms with E-state index in [1.54, 1.807) is 36.4 Å². The number of hydrogen-bond donors (Lipinski definition) is 1. The highest BCUT2D eigenvalue weighted by Gasteiger charge is 2.57. The van der Waals surface area contributed by atoms with E-state index >= 15 is 0 Å². The topological polar surface area (TPSA) is 60.2 Å². The molecular weight excluding hydrogens is 306 g/mol. The van der Waals surface area contributed by atoms with Crippen molar-refractivity contribution < 1.29 is 8.42 Å². The molecule has 0 bridgehead atoms. The highest BCUT2D eigenvalue weighted by molar-refractivity contribution is 7.92. The molecule has 1 fully saturated rings. The van der Waals surface area contributed by atoms with Gasteiger partial charge in [-0.05, 0) is 42.3 Å². The summed E-state index contributed by atoms with van der Waals surface area (Å²) in [6.07, 6.45) is 0. The average Bonchev–Trinajstić information content (AvgIpc) is 3.23. The highest BCUT2D eigenvalue weighted by Crippen LogP contribution is 2.53. The van der Waals surface area contributed by atoms with Gasteiger partial charge in [-0.15, -0.1) is 0 Å². The second kappa shape index (κ2) is 5.44. The molecule has 1 aliphatic rings. The maximum absolute atomic E-state index is 12.7. The van der Waals surface area contributed by atoms with Gasteiger partial charge in [0.15, 0.2) is 9.84 Å². The minimum atomic E-state index is -3.36. The van der Waals surface area contributed by atoms with Crippen LogP contribution in [0.2, 0.25) is 5.02 Å². The molecule has 0 heterocycles. The van der Waals surface area contributed by atoms with Crippen molar-refractivity contribution in [1.82, 2.24) is 0 Å². The zero-order chi connectivity index (χ0) is 15.0. The number of nitrogens with two attached hydrogens (primary N) is 1. The van der Waals surface area contributed by atoms with Crippen LogP contribution in [-0.2, 0) is 9.84 Å². The van der Waals surface area contributed by atoms with Gasteiger partial charge >= 0.3 is 0 Å². The Morgan fingerprint density at radius 2 is 1.76 bits per heavy atom. The van der Waals surface area contributed by atoms with Gasteiger partial charge in [0.2, 0.25) is 0 Å². The van der Waals surface area contributed by atoms with Crippen molar-refractivity contribution in [3.63, 3.8) is 0 Å². The van der Waals surface area contributed by atoms with Gasteiger partial charge < -0.3 is 5.73 Å². The first-order chi connectivity index (χ1) is 10.1. The highest BCUT2D eigenvalue weighted by atomic mass is 35.5. The minimum absolute atomic E-state index is 0.0475. The summed E-state index contributed by atoms with van der Waals surface area (Å²) in [7, 11) is -3.36. The molecule has 0 aliphatic heterocycles. The van der Waals surface area contributed by atoms with Crippen LogP contribution in [0.4, 0.5) is 0 Å². The normalized spacial score (nSPS) is 24.8. The van der Waals surface area contributed by atoms with Gasteiger partial charge in [-0.1, -0.05) is 41.9 Å². The lowest BCUT2D eigenvalue weighted by molar-refractivity contribution is 0.591.